The highest BCUT2D eigenvalue weighted by Crippen LogP contribution is 2.54. The first-order valence-corrected chi connectivity index (χ1v) is 10.1. The second-order valence-electron chi connectivity index (χ2n) is 8.20. The standard InChI is InChI=1S/C21H16F4N6O/c22-12-2-3-13(16(9-12)31-27-7-8-28-31)20(32)29-14-4-5-15(29)19-18(14)30(19)17-6-1-11(10-26-17)21(23,24)25/h1-3,6-10,14-15,18-19H,4-5H2. The summed E-state index contributed by atoms with van der Waals surface area (Å²) >= 11 is 0. The molecule has 3 fully saturated rings. The van der Waals surface area contributed by atoms with Gasteiger partial charge in [-0.25, -0.2) is 9.37 Å². The minimum Gasteiger partial charge on any atom is -0.342 e. The number of amides is 1. The van der Waals surface area contributed by atoms with Crippen molar-refractivity contribution >= 4 is 11.7 Å². The number of aromatic nitrogens is 4. The summed E-state index contributed by atoms with van der Waals surface area (Å²) in [4.78, 5) is 22.5. The smallest absolute Gasteiger partial charge is 0.342 e. The summed E-state index contributed by atoms with van der Waals surface area (Å²) in [5, 5.41) is 8.04. The monoisotopic (exact) mass is 444 g/mol. The summed E-state index contributed by atoms with van der Waals surface area (Å²) in [6.07, 6.45) is 0.900. The molecule has 164 valence electrons. The summed E-state index contributed by atoms with van der Waals surface area (Å²) < 4.78 is 52.4. The van der Waals surface area contributed by atoms with Crippen LogP contribution in [0.25, 0.3) is 5.69 Å². The van der Waals surface area contributed by atoms with Crippen LogP contribution in [-0.2, 0) is 6.18 Å². The van der Waals surface area contributed by atoms with E-state index >= 15 is 0 Å². The predicted molar refractivity (Wildman–Crippen MR) is 104 cm³/mol. The molecule has 0 saturated carbocycles. The Balaban J connectivity index is 1.27. The number of pyridine rings is 1. The van der Waals surface area contributed by atoms with Gasteiger partial charge in [-0.05, 0) is 37.1 Å². The molecule has 4 atom stereocenters. The highest BCUT2D eigenvalue weighted by atomic mass is 19.4. The van der Waals surface area contributed by atoms with E-state index in [0.29, 0.717) is 11.4 Å². The van der Waals surface area contributed by atoms with E-state index in [9.17, 15) is 22.4 Å². The lowest BCUT2D eigenvalue weighted by Gasteiger charge is -2.28. The fourth-order valence-corrected chi connectivity index (χ4v) is 5.27. The van der Waals surface area contributed by atoms with Crippen LogP contribution in [0.5, 0.6) is 0 Å². The van der Waals surface area contributed by atoms with E-state index in [1.165, 1.54) is 41.5 Å². The third-order valence-corrected chi connectivity index (χ3v) is 6.56. The number of carbonyl (C=O) groups is 1. The van der Waals surface area contributed by atoms with Gasteiger partial charge in [-0.3, -0.25) is 4.79 Å². The zero-order valence-electron chi connectivity index (χ0n) is 16.4. The van der Waals surface area contributed by atoms with Gasteiger partial charge in [-0.2, -0.15) is 28.2 Å². The Morgan fingerprint density at radius 1 is 1.00 bits per heavy atom. The first kappa shape index (κ1) is 19.2. The van der Waals surface area contributed by atoms with Crippen LogP contribution < -0.4 is 4.90 Å². The molecule has 3 aromatic rings. The van der Waals surface area contributed by atoms with Crippen LogP contribution in [-0.4, -0.2) is 55.0 Å². The SMILES string of the molecule is O=C(c1ccc(F)cc1-n1nccn1)N1C2CCC1C1C2N1c1ccc(C(F)(F)F)cn1. The number of nitrogens with zero attached hydrogens (tertiary/aromatic N) is 6. The molecule has 3 saturated heterocycles. The van der Waals surface area contributed by atoms with Gasteiger partial charge < -0.3 is 9.80 Å². The summed E-state index contributed by atoms with van der Waals surface area (Å²) in [6, 6.07) is 6.20. The second kappa shape index (κ2) is 6.50. The van der Waals surface area contributed by atoms with Gasteiger partial charge in [0.25, 0.3) is 5.91 Å². The van der Waals surface area contributed by atoms with Crippen molar-refractivity contribution in [1.82, 2.24) is 24.9 Å². The van der Waals surface area contributed by atoms with E-state index in [0.717, 1.165) is 25.1 Å². The third-order valence-electron chi connectivity index (χ3n) is 6.56. The molecule has 1 aromatic carbocycles. The minimum absolute atomic E-state index is 0.0219. The second-order valence-corrected chi connectivity index (χ2v) is 8.20. The maximum Gasteiger partial charge on any atom is 0.417 e. The number of anilines is 1. The van der Waals surface area contributed by atoms with Gasteiger partial charge in [0.2, 0.25) is 0 Å². The van der Waals surface area contributed by atoms with Crippen molar-refractivity contribution in [3.63, 3.8) is 0 Å². The molecule has 0 spiro atoms. The van der Waals surface area contributed by atoms with Crippen molar-refractivity contribution in [3.8, 4) is 5.69 Å². The van der Waals surface area contributed by atoms with Gasteiger partial charge in [0.15, 0.2) is 0 Å². The molecule has 2 aromatic heterocycles. The van der Waals surface area contributed by atoms with Gasteiger partial charge in [-0.1, -0.05) is 0 Å². The van der Waals surface area contributed by atoms with Gasteiger partial charge in [0, 0.05) is 12.3 Å². The molecule has 11 heteroatoms. The van der Waals surface area contributed by atoms with Crippen LogP contribution in [0.15, 0.2) is 48.9 Å². The number of alkyl halides is 3. The number of fused-ring (bicyclic) bond motifs is 5. The van der Waals surface area contributed by atoms with Gasteiger partial charge >= 0.3 is 6.18 Å². The molecular weight excluding hydrogens is 428 g/mol. The van der Waals surface area contributed by atoms with Crippen LogP contribution in [0, 0.1) is 5.82 Å². The molecule has 3 aliphatic rings. The maximum absolute atomic E-state index is 13.9. The van der Waals surface area contributed by atoms with Crippen molar-refractivity contribution < 1.29 is 22.4 Å². The number of rotatable bonds is 3. The molecule has 1 amide bonds. The van der Waals surface area contributed by atoms with Crippen LogP contribution in [0.4, 0.5) is 23.4 Å². The Bertz CT molecular complexity index is 1180. The molecular formula is C21H16F4N6O. The van der Waals surface area contributed by atoms with Crippen molar-refractivity contribution in [1.29, 1.82) is 0 Å². The Kier molecular flexibility index (Phi) is 3.90. The lowest BCUT2D eigenvalue weighted by Crippen LogP contribution is -2.43. The molecule has 3 aliphatic heterocycles. The quantitative estimate of drug-likeness (QED) is 0.459. The highest BCUT2D eigenvalue weighted by molar-refractivity contribution is 5.99. The van der Waals surface area contributed by atoms with Crippen LogP contribution >= 0.6 is 0 Å². The Hall–Kier alpha value is -3.50. The van der Waals surface area contributed by atoms with Crippen LogP contribution in [0.3, 0.4) is 0 Å². The number of benzene rings is 1. The van der Waals surface area contributed by atoms with E-state index in [1.54, 1.807) is 0 Å². The average molecular weight is 444 g/mol. The molecule has 6 rings (SSSR count). The molecule has 32 heavy (non-hydrogen) atoms. The third kappa shape index (κ3) is 2.73. The van der Waals surface area contributed by atoms with E-state index in [1.807, 2.05) is 9.80 Å². The van der Waals surface area contributed by atoms with E-state index < -0.39 is 17.6 Å². The van der Waals surface area contributed by atoms with E-state index in [4.69, 9.17) is 0 Å². The lowest BCUT2D eigenvalue weighted by molar-refractivity contribution is -0.137. The van der Waals surface area contributed by atoms with Crippen LogP contribution in [0.2, 0.25) is 0 Å². The molecule has 7 nitrogen and oxygen atoms in total. The zero-order valence-corrected chi connectivity index (χ0v) is 16.4. The molecule has 0 radical (unpaired) electrons. The Morgan fingerprint density at radius 2 is 1.69 bits per heavy atom. The van der Waals surface area contributed by atoms with Crippen molar-refractivity contribution in [2.75, 3.05) is 4.90 Å². The molecule has 2 bridgehead atoms. The summed E-state index contributed by atoms with van der Waals surface area (Å²) in [6.45, 7) is 0. The van der Waals surface area contributed by atoms with Gasteiger partial charge in [-0.15, -0.1) is 0 Å². The fraction of sp³-hybridized carbons (Fsp3) is 0.333. The highest BCUT2D eigenvalue weighted by Gasteiger charge is 2.69. The number of halogens is 4. The number of hydrogen-bond acceptors (Lipinski definition) is 5. The Labute approximate surface area is 179 Å². The predicted octanol–water partition coefficient (Wildman–Crippen LogP) is 3.06. The number of hydrogen-bond donors (Lipinski definition) is 0. The molecule has 4 unspecified atom stereocenters. The first-order chi connectivity index (χ1) is 15.3. The lowest BCUT2D eigenvalue weighted by atomic mass is 10.0. The molecule has 5 heterocycles. The first-order valence-electron chi connectivity index (χ1n) is 10.1. The number of carbonyl (C=O) groups excluding carboxylic acids is 1. The molecule has 0 N–H and O–H groups in total. The summed E-state index contributed by atoms with van der Waals surface area (Å²) in [5.74, 6) is -0.238. The van der Waals surface area contributed by atoms with Crippen LogP contribution in [0.1, 0.15) is 28.8 Å². The zero-order chi connectivity index (χ0) is 22.2. The minimum atomic E-state index is -4.43. The van der Waals surface area contributed by atoms with Gasteiger partial charge in [0.05, 0.1) is 47.7 Å². The number of piperazine rings is 1. The normalized spacial score (nSPS) is 25.9. The summed E-state index contributed by atoms with van der Waals surface area (Å²) in [7, 11) is 0. The molecule has 0 aliphatic carbocycles. The summed E-state index contributed by atoms with van der Waals surface area (Å²) in [5.41, 5.74) is -0.217. The topological polar surface area (TPSA) is 66.9 Å². The largest absolute Gasteiger partial charge is 0.417 e. The van der Waals surface area contributed by atoms with Crippen molar-refractivity contribution in [2.45, 2.75) is 43.2 Å². The maximum atomic E-state index is 13.9. The van der Waals surface area contributed by atoms with E-state index in [2.05, 4.69) is 15.2 Å². The Morgan fingerprint density at radius 3 is 2.28 bits per heavy atom. The van der Waals surface area contributed by atoms with Gasteiger partial charge in [0.1, 0.15) is 17.3 Å². The van der Waals surface area contributed by atoms with E-state index in [-0.39, 0.29) is 35.8 Å². The fourth-order valence-electron chi connectivity index (χ4n) is 5.27. The van der Waals surface area contributed by atoms with Crippen molar-refractivity contribution in [2.24, 2.45) is 0 Å². The van der Waals surface area contributed by atoms with Crippen molar-refractivity contribution in [3.05, 3.63) is 65.9 Å². The average Bonchev–Trinajstić information content (AvgIpc) is 3.12.